The van der Waals surface area contributed by atoms with E-state index in [0.29, 0.717) is 32.3 Å². The standard InChI is InChI=1S/C18H12Cl2N4O/c1-11-16-10-21-23(14-7-5-12(19)6-8-14)17(16)18(25)24(22-11)15-4-2-3-13(20)9-15/h2-10H,1H3. The first-order valence-electron chi connectivity index (χ1n) is 7.54. The normalized spacial score (nSPS) is 11.2. The van der Waals surface area contributed by atoms with Crippen molar-refractivity contribution in [2.45, 2.75) is 6.92 Å². The SMILES string of the molecule is Cc1nn(-c2cccc(Cl)c2)c(=O)c2c1cnn2-c1ccc(Cl)cc1. The van der Waals surface area contributed by atoms with E-state index in [1.54, 1.807) is 47.3 Å². The van der Waals surface area contributed by atoms with Gasteiger partial charge in [0, 0.05) is 15.4 Å². The summed E-state index contributed by atoms with van der Waals surface area (Å²) in [7, 11) is 0. The molecule has 0 bridgehead atoms. The van der Waals surface area contributed by atoms with Crippen molar-refractivity contribution in [1.29, 1.82) is 0 Å². The van der Waals surface area contributed by atoms with Crippen LogP contribution >= 0.6 is 23.2 Å². The van der Waals surface area contributed by atoms with Crippen LogP contribution in [0.1, 0.15) is 5.69 Å². The van der Waals surface area contributed by atoms with Gasteiger partial charge in [0.25, 0.3) is 5.56 Å². The molecule has 0 fully saturated rings. The van der Waals surface area contributed by atoms with Crippen LogP contribution in [-0.4, -0.2) is 19.6 Å². The Hall–Kier alpha value is -2.63. The highest BCUT2D eigenvalue weighted by Crippen LogP contribution is 2.20. The van der Waals surface area contributed by atoms with Crippen molar-refractivity contribution in [3.05, 3.63) is 80.8 Å². The number of fused-ring (bicyclic) bond motifs is 1. The lowest BCUT2D eigenvalue weighted by molar-refractivity contribution is 0.791. The van der Waals surface area contributed by atoms with E-state index in [1.165, 1.54) is 4.68 Å². The molecule has 2 aromatic carbocycles. The van der Waals surface area contributed by atoms with Crippen LogP contribution in [0.4, 0.5) is 0 Å². The lowest BCUT2D eigenvalue weighted by Crippen LogP contribution is -2.24. The molecule has 0 aliphatic carbocycles. The van der Waals surface area contributed by atoms with Gasteiger partial charge in [-0.05, 0) is 49.4 Å². The van der Waals surface area contributed by atoms with Gasteiger partial charge in [0.05, 0.1) is 23.3 Å². The number of aromatic nitrogens is 4. The van der Waals surface area contributed by atoms with E-state index in [2.05, 4.69) is 10.2 Å². The summed E-state index contributed by atoms with van der Waals surface area (Å²) in [5.74, 6) is 0. The number of nitrogens with zero attached hydrogens (tertiary/aromatic N) is 4. The maximum Gasteiger partial charge on any atom is 0.298 e. The average molecular weight is 371 g/mol. The molecule has 4 rings (SSSR count). The quantitative estimate of drug-likeness (QED) is 0.531. The van der Waals surface area contributed by atoms with Crippen molar-refractivity contribution < 1.29 is 0 Å². The van der Waals surface area contributed by atoms with Gasteiger partial charge >= 0.3 is 0 Å². The molecule has 0 amide bonds. The molecule has 0 saturated heterocycles. The van der Waals surface area contributed by atoms with Crippen LogP contribution in [0.5, 0.6) is 0 Å². The molecule has 2 aromatic heterocycles. The molecule has 0 saturated carbocycles. The zero-order chi connectivity index (χ0) is 17.6. The maximum atomic E-state index is 13.1. The molecule has 7 heteroatoms. The van der Waals surface area contributed by atoms with Crippen molar-refractivity contribution in [3.8, 4) is 11.4 Å². The number of aryl methyl sites for hydroxylation is 1. The summed E-state index contributed by atoms with van der Waals surface area (Å²) in [5.41, 5.74) is 2.24. The topological polar surface area (TPSA) is 52.7 Å². The van der Waals surface area contributed by atoms with Gasteiger partial charge in [-0.3, -0.25) is 4.79 Å². The predicted molar refractivity (Wildman–Crippen MR) is 99.2 cm³/mol. The zero-order valence-electron chi connectivity index (χ0n) is 13.1. The molecular formula is C18H12Cl2N4O. The molecule has 4 aromatic rings. The molecule has 0 N–H and O–H groups in total. The predicted octanol–water partition coefficient (Wildman–Crippen LogP) is 4.19. The highest BCUT2D eigenvalue weighted by Gasteiger charge is 2.16. The highest BCUT2D eigenvalue weighted by molar-refractivity contribution is 6.31. The van der Waals surface area contributed by atoms with Gasteiger partial charge in [0.2, 0.25) is 0 Å². The Kier molecular flexibility index (Phi) is 3.82. The Labute approximate surface area is 153 Å². The van der Waals surface area contributed by atoms with Gasteiger partial charge in [-0.15, -0.1) is 0 Å². The van der Waals surface area contributed by atoms with Crippen LogP contribution in [0.2, 0.25) is 10.0 Å². The van der Waals surface area contributed by atoms with Crippen LogP contribution < -0.4 is 5.56 Å². The van der Waals surface area contributed by atoms with Crippen LogP contribution in [-0.2, 0) is 0 Å². The Morgan fingerprint density at radius 1 is 0.920 bits per heavy atom. The monoisotopic (exact) mass is 370 g/mol. The first-order valence-corrected chi connectivity index (χ1v) is 8.30. The van der Waals surface area contributed by atoms with Gasteiger partial charge in [0.15, 0.2) is 0 Å². The Balaban J connectivity index is 2.02. The lowest BCUT2D eigenvalue weighted by atomic mass is 10.2. The van der Waals surface area contributed by atoms with Gasteiger partial charge in [-0.25, -0.2) is 4.68 Å². The van der Waals surface area contributed by atoms with E-state index >= 15 is 0 Å². The first kappa shape index (κ1) is 15.9. The average Bonchev–Trinajstić information content (AvgIpc) is 3.05. The first-order chi connectivity index (χ1) is 12.0. The Bertz CT molecular complexity index is 1150. The van der Waals surface area contributed by atoms with Crippen molar-refractivity contribution in [3.63, 3.8) is 0 Å². The second-order valence-electron chi connectivity index (χ2n) is 5.58. The van der Waals surface area contributed by atoms with E-state index < -0.39 is 0 Å². The van der Waals surface area contributed by atoms with Crippen molar-refractivity contribution in [2.24, 2.45) is 0 Å². The summed E-state index contributed by atoms with van der Waals surface area (Å²) in [6.45, 7) is 1.84. The van der Waals surface area contributed by atoms with Crippen LogP contribution in [0.3, 0.4) is 0 Å². The summed E-state index contributed by atoms with van der Waals surface area (Å²) in [5, 5.41) is 10.6. The second-order valence-corrected chi connectivity index (χ2v) is 6.45. The van der Waals surface area contributed by atoms with Gasteiger partial charge < -0.3 is 0 Å². The van der Waals surface area contributed by atoms with Crippen LogP contribution in [0.15, 0.2) is 59.5 Å². The fourth-order valence-electron chi connectivity index (χ4n) is 2.73. The van der Waals surface area contributed by atoms with E-state index in [4.69, 9.17) is 23.2 Å². The highest BCUT2D eigenvalue weighted by atomic mass is 35.5. The number of hydrogen-bond donors (Lipinski definition) is 0. The number of benzene rings is 2. The molecule has 0 aliphatic rings. The summed E-state index contributed by atoms with van der Waals surface area (Å²) in [4.78, 5) is 13.1. The molecule has 124 valence electrons. The fourth-order valence-corrected chi connectivity index (χ4v) is 3.04. The number of halogens is 2. The van der Waals surface area contributed by atoms with E-state index in [9.17, 15) is 4.79 Å². The summed E-state index contributed by atoms with van der Waals surface area (Å²) >= 11 is 12.0. The zero-order valence-corrected chi connectivity index (χ0v) is 14.7. The third kappa shape index (κ3) is 2.71. The molecule has 25 heavy (non-hydrogen) atoms. The summed E-state index contributed by atoms with van der Waals surface area (Å²) < 4.78 is 2.95. The third-order valence-electron chi connectivity index (χ3n) is 3.93. The maximum absolute atomic E-state index is 13.1. The number of rotatable bonds is 2. The minimum atomic E-state index is -0.268. The molecule has 5 nitrogen and oxygen atoms in total. The summed E-state index contributed by atoms with van der Waals surface area (Å²) in [6.07, 6.45) is 1.65. The molecule has 0 unspecified atom stereocenters. The lowest BCUT2D eigenvalue weighted by Gasteiger charge is -2.09. The van der Waals surface area contributed by atoms with Crippen LogP contribution in [0.25, 0.3) is 22.3 Å². The summed E-state index contributed by atoms with van der Waals surface area (Å²) in [6, 6.07) is 14.2. The fraction of sp³-hybridized carbons (Fsp3) is 0.0556. The largest absolute Gasteiger partial charge is 0.298 e. The van der Waals surface area contributed by atoms with E-state index in [0.717, 1.165) is 5.69 Å². The van der Waals surface area contributed by atoms with Crippen molar-refractivity contribution >= 4 is 34.1 Å². The molecule has 0 aliphatic heterocycles. The van der Waals surface area contributed by atoms with Gasteiger partial charge in [-0.2, -0.15) is 14.9 Å². The number of hydrogen-bond acceptors (Lipinski definition) is 3. The van der Waals surface area contributed by atoms with Crippen LogP contribution in [0, 0.1) is 6.92 Å². The minimum absolute atomic E-state index is 0.268. The molecule has 0 spiro atoms. The van der Waals surface area contributed by atoms with E-state index in [1.807, 2.05) is 19.1 Å². The Morgan fingerprint density at radius 2 is 1.68 bits per heavy atom. The van der Waals surface area contributed by atoms with Gasteiger partial charge in [-0.1, -0.05) is 29.3 Å². The van der Waals surface area contributed by atoms with Crippen molar-refractivity contribution in [2.75, 3.05) is 0 Å². The smallest absolute Gasteiger partial charge is 0.265 e. The molecule has 0 radical (unpaired) electrons. The van der Waals surface area contributed by atoms with E-state index in [-0.39, 0.29) is 5.56 Å². The minimum Gasteiger partial charge on any atom is -0.265 e. The second kappa shape index (κ2) is 6.02. The van der Waals surface area contributed by atoms with Crippen molar-refractivity contribution in [1.82, 2.24) is 19.6 Å². The Morgan fingerprint density at radius 3 is 2.40 bits per heavy atom. The molecular weight excluding hydrogens is 359 g/mol. The molecule has 0 atom stereocenters. The van der Waals surface area contributed by atoms with Gasteiger partial charge in [0.1, 0.15) is 5.52 Å². The molecule has 2 heterocycles. The third-order valence-corrected chi connectivity index (χ3v) is 4.42.